The van der Waals surface area contributed by atoms with E-state index in [-0.39, 0.29) is 23.9 Å². The van der Waals surface area contributed by atoms with Crippen molar-refractivity contribution in [3.8, 4) is 0 Å². The number of alkyl carbamates (subject to hydrolysis) is 1. The molecule has 0 saturated heterocycles. The summed E-state index contributed by atoms with van der Waals surface area (Å²) >= 11 is 0. The van der Waals surface area contributed by atoms with Gasteiger partial charge in [-0.05, 0) is 31.9 Å². The molecule has 0 bridgehead atoms. The quantitative estimate of drug-likeness (QED) is 0.0905. The smallest absolute Gasteiger partial charge is 0.407 e. The van der Waals surface area contributed by atoms with Gasteiger partial charge in [-0.15, -0.1) is 0 Å². The van der Waals surface area contributed by atoms with E-state index in [9.17, 15) is 14.4 Å². The molecule has 8 nitrogen and oxygen atoms in total. The lowest BCUT2D eigenvalue weighted by molar-refractivity contribution is -0.146. The average molecular weight is 486 g/mol. The maximum absolute atomic E-state index is 12.1. The highest BCUT2D eigenvalue weighted by Gasteiger charge is 2.35. The van der Waals surface area contributed by atoms with Gasteiger partial charge in [0.05, 0.1) is 18.6 Å². The molecule has 1 saturated carbocycles. The Morgan fingerprint density at radius 3 is 2.47 bits per heavy atom. The fourth-order valence-corrected chi connectivity index (χ4v) is 5.18. The van der Waals surface area contributed by atoms with Gasteiger partial charge in [-0.2, -0.15) is 0 Å². The Balaban J connectivity index is 2.18. The van der Waals surface area contributed by atoms with Crippen LogP contribution in [0.2, 0.25) is 0 Å². The molecule has 0 heterocycles. The molecule has 0 aromatic heterocycles. The highest BCUT2D eigenvalue weighted by atomic mass is 33.1. The van der Waals surface area contributed by atoms with Crippen molar-refractivity contribution < 1.29 is 23.9 Å². The minimum Gasteiger partial charge on any atom is -0.466 e. The first-order valence-electron chi connectivity index (χ1n) is 10.8. The van der Waals surface area contributed by atoms with Gasteiger partial charge in [0.1, 0.15) is 6.61 Å². The predicted octanol–water partition coefficient (Wildman–Crippen LogP) is 3.88. The van der Waals surface area contributed by atoms with E-state index in [1.165, 1.54) is 12.3 Å². The van der Waals surface area contributed by atoms with E-state index in [4.69, 9.17) is 9.47 Å². The second kappa shape index (κ2) is 16.7. The average Bonchev–Trinajstić information content (AvgIpc) is 2.78. The van der Waals surface area contributed by atoms with Crippen LogP contribution < -0.4 is 10.6 Å². The minimum atomic E-state index is -0.462. The Kier molecular flexibility index (Phi) is 14.6. The molecule has 32 heavy (non-hydrogen) atoms. The second-order valence-corrected chi connectivity index (χ2v) is 10.1. The molecular formula is C22H35N3O5S2. The third-order valence-electron chi connectivity index (χ3n) is 5.01. The van der Waals surface area contributed by atoms with Gasteiger partial charge in [0, 0.05) is 30.8 Å². The van der Waals surface area contributed by atoms with Crippen molar-refractivity contribution in [1.29, 1.82) is 0 Å². The molecule has 0 aromatic rings. The van der Waals surface area contributed by atoms with Gasteiger partial charge >= 0.3 is 12.1 Å². The number of hydrogen-bond acceptors (Lipinski definition) is 8. The molecule has 0 spiro atoms. The fourth-order valence-electron chi connectivity index (χ4n) is 3.44. The normalized spacial score (nSPS) is 15.3. The number of rotatable bonds is 15. The van der Waals surface area contributed by atoms with Gasteiger partial charge in [0.15, 0.2) is 0 Å². The number of esters is 1. The van der Waals surface area contributed by atoms with Crippen molar-refractivity contribution in [2.45, 2.75) is 45.4 Å². The summed E-state index contributed by atoms with van der Waals surface area (Å²) < 4.78 is 10.4. The monoisotopic (exact) mass is 485 g/mol. The number of amides is 2. The first kappa shape index (κ1) is 28.1. The van der Waals surface area contributed by atoms with Crippen LogP contribution in [0.1, 0.15) is 45.4 Å². The number of aliphatic imine (C=N–C) groups is 1. The molecule has 1 aliphatic rings. The number of nitrogens with one attached hydrogen (secondary N) is 2. The topological polar surface area (TPSA) is 106 Å². The summed E-state index contributed by atoms with van der Waals surface area (Å²) in [7, 11) is 3.15. The van der Waals surface area contributed by atoms with E-state index in [1.807, 2.05) is 0 Å². The summed E-state index contributed by atoms with van der Waals surface area (Å²) in [4.78, 5) is 39.4. The zero-order valence-electron chi connectivity index (χ0n) is 18.9. The van der Waals surface area contributed by atoms with Crippen LogP contribution in [0.25, 0.3) is 0 Å². The van der Waals surface area contributed by atoms with E-state index in [2.05, 4.69) is 28.9 Å². The number of ether oxygens (including phenoxy) is 2. The first-order valence-corrected chi connectivity index (χ1v) is 13.3. The van der Waals surface area contributed by atoms with E-state index >= 15 is 0 Å². The summed E-state index contributed by atoms with van der Waals surface area (Å²) in [5, 5.41) is 5.60. The van der Waals surface area contributed by atoms with Crippen LogP contribution in [0.4, 0.5) is 4.79 Å². The highest BCUT2D eigenvalue weighted by Crippen LogP contribution is 2.39. The van der Waals surface area contributed by atoms with Gasteiger partial charge < -0.3 is 20.1 Å². The predicted molar refractivity (Wildman–Crippen MR) is 132 cm³/mol. The SMILES string of the molecule is C=C/C(=C\N=C)C(=O)NCCSSCCOC(=O)NCC1(CC(=O)OCC)CCCCC1. The molecule has 0 unspecified atom stereocenters. The Labute approximate surface area is 198 Å². The van der Waals surface area contributed by atoms with Crippen molar-refractivity contribution in [3.05, 3.63) is 24.4 Å². The zero-order valence-corrected chi connectivity index (χ0v) is 20.5. The summed E-state index contributed by atoms with van der Waals surface area (Å²) in [6.07, 6.45) is 7.75. The molecule has 2 N–H and O–H groups in total. The van der Waals surface area contributed by atoms with Crippen LogP contribution in [0.15, 0.2) is 29.4 Å². The lowest BCUT2D eigenvalue weighted by Gasteiger charge is -2.36. The van der Waals surface area contributed by atoms with E-state index in [0.29, 0.717) is 43.2 Å². The molecule has 1 aliphatic carbocycles. The van der Waals surface area contributed by atoms with E-state index in [0.717, 1.165) is 32.1 Å². The maximum Gasteiger partial charge on any atom is 0.407 e. The molecule has 0 aliphatic heterocycles. The molecule has 1 rings (SSSR count). The Morgan fingerprint density at radius 2 is 1.81 bits per heavy atom. The van der Waals surface area contributed by atoms with Gasteiger partial charge in [0.25, 0.3) is 5.91 Å². The minimum absolute atomic E-state index is 0.205. The lowest BCUT2D eigenvalue weighted by atomic mass is 9.72. The highest BCUT2D eigenvalue weighted by molar-refractivity contribution is 8.76. The number of carbonyl (C=O) groups is 3. The van der Waals surface area contributed by atoms with E-state index in [1.54, 1.807) is 28.5 Å². The van der Waals surface area contributed by atoms with Crippen molar-refractivity contribution in [1.82, 2.24) is 10.6 Å². The lowest BCUT2D eigenvalue weighted by Crippen LogP contribution is -2.41. The van der Waals surface area contributed by atoms with Crippen molar-refractivity contribution in [2.24, 2.45) is 10.4 Å². The van der Waals surface area contributed by atoms with Crippen LogP contribution in [0.3, 0.4) is 0 Å². The van der Waals surface area contributed by atoms with Gasteiger partial charge in [-0.3, -0.25) is 14.6 Å². The summed E-state index contributed by atoms with van der Waals surface area (Å²) in [5.41, 5.74) is 0.135. The van der Waals surface area contributed by atoms with Gasteiger partial charge in [-0.1, -0.05) is 53.5 Å². The second-order valence-electron chi connectivity index (χ2n) is 7.40. The molecule has 180 valence electrons. The summed E-state index contributed by atoms with van der Waals surface area (Å²) in [6, 6.07) is 0. The van der Waals surface area contributed by atoms with Crippen LogP contribution >= 0.6 is 21.6 Å². The molecule has 0 radical (unpaired) electrons. The molecule has 10 heteroatoms. The molecule has 0 aromatic carbocycles. The van der Waals surface area contributed by atoms with Gasteiger partial charge in [-0.25, -0.2) is 4.79 Å². The van der Waals surface area contributed by atoms with Crippen LogP contribution in [0.5, 0.6) is 0 Å². The summed E-state index contributed by atoms with van der Waals surface area (Å²) in [5.74, 6) is 0.906. The third kappa shape index (κ3) is 11.6. The fraction of sp³-hybridized carbons (Fsp3) is 0.636. The number of carbonyl (C=O) groups excluding carboxylic acids is 3. The summed E-state index contributed by atoms with van der Waals surface area (Å²) in [6.45, 7) is 10.3. The van der Waals surface area contributed by atoms with Crippen molar-refractivity contribution in [2.75, 3.05) is 37.8 Å². The number of hydrogen-bond donors (Lipinski definition) is 2. The largest absolute Gasteiger partial charge is 0.466 e. The van der Waals surface area contributed by atoms with Crippen LogP contribution in [-0.2, 0) is 19.1 Å². The Morgan fingerprint density at radius 1 is 1.09 bits per heavy atom. The van der Waals surface area contributed by atoms with Crippen LogP contribution in [0, 0.1) is 5.41 Å². The molecular weight excluding hydrogens is 450 g/mol. The van der Waals surface area contributed by atoms with E-state index < -0.39 is 6.09 Å². The molecule has 2 amide bonds. The Hall–Kier alpha value is -1.94. The standard InChI is InChI=1S/C22H35N3O5S2/c1-4-18(16-23-3)20(27)24-11-13-31-32-14-12-30-21(28)25-17-22(9-7-6-8-10-22)15-19(26)29-5-2/h4,16H,1,3,5-15,17H2,2H3,(H,24,27)(H,25,28)/b18-16+. The number of nitrogens with zero attached hydrogens (tertiary/aromatic N) is 1. The zero-order chi connectivity index (χ0) is 23.7. The molecule has 1 fully saturated rings. The van der Waals surface area contributed by atoms with Crippen LogP contribution in [-0.4, -0.2) is 62.5 Å². The Bertz CT molecular complexity index is 664. The van der Waals surface area contributed by atoms with Gasteiger partial charge in [0.2, 0.25) is 0 Å². The molecule has 0 atom stereocenters. The van der Waals surface area contributed by atoms with Crippen molar-refractivity contribution >= 4 is 46.3 Å². The third-order valence-corrected chi connectivity index (χ3v) is 7.38. The first-order chi connectivity index (χ1) is 15.5. The van der Waals surface area contributed by atoms with Crippen molar-refractivity contribution in [3.63, 3.8) is 0 Å². The maximum atomic E-state index is 12.1.